The standard InChI is InChI=1S/C24H25N7O6/c1-15-7-4-5-10-19(15)37-14-18(32)13-30-20-21(28(2)24(34)29(3)22(20)33)26-23(30)27-25-12-16-8-6-9-17(11-16)31(35)36/h4-12,18,32H,13-14H2,1-3H3,(H,26,27)/b25-12+. The van der Waals surface area contributed by atoms with Crippen molar-refractivity contribution in [2.24, 2.45) is 19.2 Å². The molecule has 0 aliphatic carbocycles. The number of nitro benzene ring substituents is 1. The van der Waals surface area contributed by atoms with Crippen LogP contribution in [0.3, 0.4) is 0 Å². The average molecular weight is 508 g/mol. The maximum atomic E-state index is 13.0. The molecule has 1 atom stereocenters. The number of nitro groups is 1. The van der Waals surface area contributed by atoms with Gasteiger partial charge in [-0.3, -0.25) is 24.0 Å². The van der Waals surface area contributed by atoms with Gasteiger partial charge in [0.05, 0.1) is 17.7 Å². The largest absolute Gasteiger partial charge is 0.491 e. The molecule has 0 bridgehead atoms. The van der Waals surface area contributed by atoms with E-state index >= 15 is 0 Å². The van der Waals surface area contributed by atoms with Crippen molar-refractivity contribution in [3.63, 3.8) is 0 Å². The van der Waals surface area contributed by atoms with Gasteiger partial charge in [0.25, 0.3) is 11.2 Å². The van der Waals surface area contributed by atoms with Crippen LogP contribution in [0.5, 0.6) is 5.75 Å². The Labute approximate surface area is 210 Å². The van der Waals surface area contributed by atoms with Crippen LogP contribution in [0.4, 0.5) is 11.6 Å². The lowest BCUT2D eigenvalue weighted by atomic mass is 10.2. The number of aliphatic hydroxyl groups excluding tert-OH is 1. The van der Waals surface area contributed by atoms with E-state index in [1.165, 1.54) is 47.6 Å². The van der Waals surface area contributed by atoms with Crippen LogP contribution in [0, 0.1) is 17.0 Å². The zero-order valence-corrected chi connectivity index (χ0v) is 20.4. The SMILES string of the molecule is Cc1ccccc1OCC(O)Cn1c(N/N=C/c2cccc([N+](=O)[O-])c2)nc2c1c(=O)n(C)c(=O)n2C. The lowest BCUT2D eigenvalue weighted by Gasteiger charge is -2.16. The molecule has 37 heavy (non-hydrogen) atoms. The fraction of sp³-hybridized carbons (Fsp3) is 0.250. The predicted molar refractivity (Wildman–Crippen MR) is 137 cm³/mol. The minimum Gasteiger partial charge on any atom is -0.491 e. The number of nitrogens with one attached hydrogen (secondary N) is 1. The number of para-hydroxylation sites is 1. The van der Waals surface area contributed by atoms with Gasteiger partial charge in [-0.1, -0.05) is 30.3 Å². The number of anilines is 1. The highest BCUT2D eigenvalue weighted by molar-refractivity contribution is 5.81. The summed E-state index contributed by atoms with van der Waals surface area (Å²) >= 11 is 0. The normalized spacial score (nSPS) is 12.2. The number of hydrogen-bond acceptors (Lipinski definition) is 9. The second-order valence-corrected chi connectivity index (χ2v) is 8.38. The summed E-state index contributed by atoms with van der Waals surface area (Å²) in [6, 6.07) is 13.2. The van der Waals surface area contributed by atoms with E-state index in [1.54, 1.807) is 12.1 Å². The van der Waals surface area contributed by atoms with Crippen molar-refractivity contribution in [1.82, 2.24) is 18.7 Å². The van der Waals surface area contributed by atoms with Crippen molar-refractivity contribution in [2.75, 3.05) is 12.0 Å². The monoisotopic (exact) mass is 507 g/mol. The van der Waals surface area contributed by atoms with Gasteiger partial charge in [-0.15, -0.1) is 0 Å². The first kappa shape index (κ1) is 25.3. The number of aromatic nitrogens is 4. The van der Waals surface area contributed by atoms with Crippen molar-refractivity contribution >= 4 is 29.0 Å². The first-order valence-electron chi connectivity index (χ1n) is 11.2. The summed E-state index contributed by atoms with van der Waals surface area (Å²) < 4.78 is 9.33. The number of aliphatic hydroxyl groups is 1. The van der Waals surface area contributed by atoms with Gasteiger partial charge < -0.3 is 14.4 Å². The molecule has 13 nitrogen and oxygen atoms in total. The lowest BCUT2D eigenvalue weighted by Crippen LogP contribution is -2.38. The van der Waals surface area contributed by atoms with E-state index in [-0.39, 0.29) is 36.0 Å². The van der Waals surface area contributed by atoms with Gasteiger partial charge in [-0.25, -0.2) is 10.2 Å². The Morgan fingerprint density at radius 1 is 1.19 bits per heavy atom. The molecule has 0 radical (unpaired) electrons. The van der Waals surface area contributed by atoms with E-state index in [2.05, 4.69) is 15.5 Å². The van der Waals surface area contributed by atoms with E-state index in [9.17, 15) is 24.8 Å². The molecule has 1 unspecified atom stereocenters. The summed E-state index contributed by atoms with van der Waals surface area (Å²) in [6.45, 7) is 1.73. The number of hydrazone groups is 1. The van der Waals surface area contributed by atoms with Crippen molar-refractivity contribution in [3.8, 4) is 5.75 Å². The van der Waals surface area contributed by atoms with Crippen LogP contribution in [-0.4, -0.2) is 47.6 Å². The predicted octanol–water partition coefficient (Wildman–Crippen LogP) is 1.54. The highest BCUT2D eigenvalue weighted by atomic mass is 16.6. The highest BCUT2D eigenvalue weighted by Crippen LogP contribution is 2.19. The first-order valence-corrected chi connectivity index (χ1v) is 11.2. The zero-order valence-electron chi connectivity index (χ0n) is 20.4. The second-order valence-electron chi connectivity index (χ2n) is 8.38. The Balaban J connectivity index is 1.66. The second kappa shape index (κ2) is 10.5. The number of benzene rings is 2. The maximum Gasteiger partial charge on any atom is 0.332 e. The lowest BCUT2D eigenvalue weighted by molar-refractivity contribution is -0.384. The molecule has 0 saturated carbocycles. The molecule has 2 aromatic carbocycles. The summed E-state index contributed by atoms with van der Waals surface area (Å²) in [4.78, 5) is 40.3. The summed E-state index contributed by atoms with van der Waals surface area (Å²) in [5.74, 6) is 0.708. The third-order valence-electron chi connectivity index (χ3n) is 5.73. The van der Waals surface area contributed by atoms with Crippen molar-refractivity contribution < 1.29 is 14.8 Å². The Hall–Kier alpha value is -4.78. The zero-order chi connectivity index (χ0) is 26.7. The quantitative estimate of drug-likeness (QED) is 0.196. The smallest absolute Gasteiger partial charge is 0.332 e. The third-order valence-corrected chi connectivity index (χ3v) is 5.73. The molecule has 4 rings (SSSR count). The van der Waals surface area contributed by atoms with Gasteiger partial charge in [-0.2, -0.15) is 10.1 Å². The van der Waals surface area contributed by atoms with Gasteiger partial charge in [0.2, 0.25) is 5.95 Å². The summed E-state index contributed by atoms with van der Waals surface area (Å²) in [5, 5.41) is 25.9. The van der Waals surface area contributed by atoms with Crippen LogP contribution in [0.2, 0.25) is 0 Å². The third kappa shape index (κ3) is 5.26. The van der Waals surface area contributed by atoms with E-state index in [4.69, 9.17) is 4.74 Å². The molecule has 0 amide bonds. The minimum absolute atomic E-state index is 0.0625. The minimum atomic E-state index is -1.04. The molecular weight excluding hydrogens is 482 g/mol. The number of nitrogens with zero attached hydrogens (tertiary/aromatic N) is 6. The summed E-state index contributed by atoms with van der Waals surface area (Å²) in [7, 11) is 2.84. The topological polar surface area (TPSA) is 159 Å². The average Bonchev–Trinajstić information content (AvgIpc) is 3.24. The molecule has 2 heterocycles. The number of rotatable bonds is 9. The molecule has 13 heteroatoms. The van der Waals surface area contributed by atoms with E-state index in [0.29, 0.717) is 11.3 Å². The summed E-state index contributed by atoms with van der Waals surface area (Å²) in [6.07, 6.45) is 0.311. The van der Waals surface area contributed by atoms with Crippen LogP contribution >= 0.6 is 0 Å². The van der Waals surface area contributed by atoms with Gasteiger partial charge >= 0.3 is 5.69 Å². The van der Waals surface area contributed by atoms with Crippen LogP contribution in [0.1, 0.15) is 11.1 Å². The Kier molecular flexibility index (Phi) is 7.15. The van der Waals surface area contributed by atoms with Crippen LogP contribution in [0.15, 0.2) is 63.2 Å². The highest BCUT2D eigenvalue weighted by Gasteiger charge is 2.21. The van der Waals surface area contributed by atoms with Crippen molar-refractivity contribution in [3.05, 3.63) is 90.6 Å². The number of ether oxygens (including phenoxy) is 1. The Morgan fingerprint density at radius 3 is 2.68 bits per heavy atom. The fourth-order valence-electron chi connectivity index (χ4n) is 3.76. The van der Waals surface area contributed by atoms with Gasteiger partial charge in [0.1, 0.15) is 18.5 Å². The number of non-ortho nitro benzene ring substituents is 1. The van der Waals surface area contributed by atoms with Crippen molar-refractivity contribution in [2.45, 2.75) is 19.6 Å². The number of aryl methyl sites for hydroxylation is 2. The molecule has 0 spiro atoms. The van der Waals surface area contributed by atoms with Gasteiger partial charge in [-0.05, 0) is 18.6 Å². The molecule has 0 aliphatic rings. The van der Waals surface area contributed by atoms with E-state index in [1.807, 2.05) is 25.1 Å². The molecule has 2 N–H and O–H groups in total. The van der Waals surface area contributed by atoms with Gasteiger partial charge in [0, 0.05) is 31.8 Å². The molecule has 2 aromatic heterocycles. The fourth-order valence-corrected chi connectivity index (χ4v) is 3.76. The van der Waals surface area contributed by atoms with Crippen LogP contribution in [0.25, 0.3) is 11.2 Å². The first-order chi connectivity index (χ1) is 17.7. The molecular formula is C24H25N7O6. The van der Waals surface area contributed by atoms with Crippen LogP contribution in [-0.2, 0) is 20.6 Å². The Morgan fingerprint density at radius 2 is 1.95 bits per heavy atom. The number of imidazole rings is 1. The molecule has 0 aliphatic heterocycles. The molecule has 0 saturated heterocycles. The van der Waals surface area contributed by atoms with E-state index in [0.717, 1.165) is 10.1 Å². The Bertz CT molecular complexity index is 1620. The molecule has 4 aromatic rings. The van der Waals surface area contributed by atoms with Crippen molar-refractivity contribution in [1.29, 1.82) is 0 Å². The number of hydrogen-bond donors (Lipinski definition) is 2. The molecule has 0 fully saturated rings. The van der Waals surface area contributed by atoms with E-state index < -0.39 is 22.3 Å². The maximum absolute atomic E-state index is 13.0. The number of fused-ring (bicyclic) bond motifs is 1. The summed E-state index contributed by atoms with van der Waals surface area (Å²) in [5.41, 5.74) is 3.04. The molecule has 192 valence electrons. The van der Waals surface area contributed by atoms with Crippen LogP contribution < -0.4 is 21.4 Å². The van der Waals surface area contributed by atoms with Gasteiger partial charge in [0.15, 0.2) is 11.2 Å².